The molecule has 5 heteroatoms. The predicted molar refractivity (Wildman–Crippen MR) is 127 cm³/mol. The Hall–Kier alpha value is -1.52. The Kier molecular flexibility index (Phi) is 5.58. The molecule has 164 valence electrons. The van der Waals surface area contributed by atoms with E-state index in [4.69, 9.17) is 16.3 Å². The van der Waals surface area contributed by atoms with E-state index in [0.29, 0.717) is 41.6 Å². The van der Waals surface area contributed by atoms with Gasteiger partial charge < -0.3 is 9.84 Å². The van der Waals surface area contributed by atoms with E-state index in [9.17, 15) is 9.90 Å². The van der Waals surface area contributed by atoms with Crippen LogP contribution in [0.3, 0.4) is 0 Å². The van der Waals surface area contributed by atoms with E-state index in [0.717, 1.165) is 42.3 Å². The van der Waals surface area contributed by atoms with Gasteiger partial charge in [0.15, 0.2) is 0 Å². The smallest absolute Gasteiger partial charge is 0.139 e. The van der Waals surface area contributed by atoms with Crippen LogP contribution in [0.2, 0.25) is 5.02 Å². The Morgan fingerprint density at radius 3 is 2.68 bits per heavy atom. The van der Waals surface area contributed by atoms with E-state index in [-0.39, 0.29) is 17.1 Å². The summed E-state index contributed by atoms with van der Waals surface area (Å²) >= 11 is 9.94. The monoisotopic (exact) mass is 502 g/mol. The number of benzene rings is 2. The molecule has 0 radical (unpaired) electrons. The van der Waals surface area contributed by atoms with Crippen molar-refractivity contribution in [2.24, 2.45) is 17.3 Å². The second-order valence-corrected chi connectivity index (χ2v) is 10.8. The molecule has 0 amide bonds. The molecule has 2 aromatic carbocycles. The topological polar surface area (TPSA) is 46.5 Å². The summed E-state index contributed by atoms with van der Waals surface area (Å²) in [7, 11) is 0. The van der Waals surface area contributed by atoms with Crippen molar-refractivity contribution in [1.29, 1.82) is 0 Å². The maximum absolute atomic E-state index is 13.0. The second kappa shape index (κ2) is 8.12. The Morgan fingerprint density at radius 2 is 1.94 bits per heavy atom. The van der Waals surface area contributed by atoms with Crippen LogP contribution in [0.1, 0.15) is 61.1 Å². The maximum atomic E-state index is 13.0. The molecular weight excluding hydrogens is 476 g/mol. The van der Waals surface area contributed by atoms with E-state index in [1.54, 1.807) is 6.07 Å². The van der Waals surface area contributed by atoms with Gasteiger partial charge in [0, 0.05) is 17.2 Å². The normalized spacial score (nSPS) is 31.6. The SMILES string of the molecule is C[C@]12C[C@H](c3ccc(OCCBr)cc3)[C@@H]3c4ccc(O)c(Cl)c4CC[C@H]3[C@@H]1CCC2=O. The average Bonchev–Trinajstić information content (AvgIpc) is 3.08. The number of hydrogen-bond acceptors (Lipinski definition) is 3. The first-order chi connectivity index (χ1) is 14.9. The summed E-state index contributed by atoms with van der Waals surface area (Å²) in [6.07, 6.45) is 4.48. The number of phenols is 1. The van der Waals surface area contributed by atoms with Crippen LogP contribution in [0.4, 0.5) is 0 Å². The molecule has 0 heterocycles. The lowest BCUT2D eigenvalue weighted by molar-refractivity contribution is -0.130. The number of fused-ring (bicyclic) bond motifs is 5. The molecule has 5 rings (SSSR count). The first-order valence-electron chi connectivity index (χ1n) is 11.3. The molecule has 0 aliphatic heterocycles. The standard InChI is InChI=1S/C26H28BrClO3/c1-26-14-20(15-2-4-16(5-3-15)31-13-12-27)24-17-8-10-22(29)25(28)18(17)6-7-19(24)21(26)9-11-23(26)30/h2-5,8,10,19-21,24,29H,6-7,9,11-14H2,1H3/t19-,20+,21-,24+,26-/m0/s1. The first-order valence-corrected chi connectivity index (χ1v) is 12.8. The highest BCUT2D eigenvalue weighted by Gasteiger charge is 2.58. The van der Waals surface area contributed by atoms with Crippen LogP contribution in [-0.4, -0.2) is 22.8 Å². The lowest BCUT2D eigenvalue weighted by Crippen LogP contribution is -2.46. The molecule has 0 unspecified atom stereocenters. The Morgan fingerprint density at radius 1 is 1.16 bits per heavy atom. The summed E-state index contributed by atoms with van der Waals surface area (Å²) in [6, 6.07) is 12.3. The van der Waals surface area contributed by atoms with E-state index in [1.807, 2.05) is 12.1 Å². The van der Waals surface area contributed by atoms with E-state index >= 15 is 0 Å². The van der Waals surface area contributed by atoms with Gasteiger partial charge in [0.25, 0.3) is 0 Å². The third-order valence-corrected chi connectivity index (χ3v) is 8.94. The minimum Gasteiger partial charge on any atom is -0.506 e. The van der Waals surface area contributed by atoms with Crippen molar-refractivity contribution in [3.05, 3.63) is 58.1 Å². The highest BCUT2D eigenvalue weighted by Crippen LogP contribution is 2.64. The number of ketones is 1. The molecule has 31 heavy (non-hydrogen) atoms. The number of halogens is 2. The highest BCUT2D eigenvalue weighted by molar-refractivity contribution is 9.09. The number of Topliss-reactive ketones (excluding diaryl/α,β-unsaturated/α-hetero) is 1. The van der Waals surface area contributed by atoms with Gasteiger partial charge in [-0.05, 0) is 84.2 Å². The van der Waals surface area contributed by atoms with Crippen molar-refractivity contribution in [2.45, 2.75) is 50.9 Å². The Balaban J connectivity index is 1.59. The van der Waals surface area contributed by atoms with Crippen molar-refractivity contribution in [1.82, 2.24) is 0 Å². The van der Waals surface area contributed by atoms with Gasteiger partial charge >= 0.3 is 0 Å². The molecule has 2 aromatic rings. The van der Waals surface area contributed by atoms with Gasteiger partial charge in [-0.1, -0.05) is 52.7 Å². The highest BCUT2D eigenvalue weighted by atomic mass is 79.9. The summed E-state index contributed by atoms with van der Waals surface area (Å²) < 4.78 is 5.75. The maximum Gasteiger partial charge on any atom is 0.139 e. The van der Waals surface area contributed by atoms with Gasteiger partial charge in [0.2, 0.25) is 0 Å². The lowest BCUT2D eigenvalue weighted by atomic mass is 9.51. The quantitative estimate of drug-likeness (QED) is 0.476. The fourth-order valence-electron chi connectivity index (χ4n) is 6.80. The zero-order chi connectivity index (χ0) is 21.8. The van der Waals surface area contributed by atoms with Crippen LogP contribution in [-0.2, 0) is 11.2 Å². The van der Waals surface area contributed by atoms with Crippen LogP contribution in [0, 0.1) is 17.3 Å². The Labute approximate surface area is 197 Å². The fraction of sp³-hybridized carbons (Fsp3) is 0.500. The number of alkyl halides is 1. The summed E-state index contributed by atoms with van der Waals surface area (Å²) in [6.45, 7) is 2.85. The van der Waals surface area contributed by atoms with Gasteiger partial charge in [-0.2, -0.15) is 0 Å². The van der Waals surface area contributed by atoms with Crippen molar-refractivity contribution >= 4 is 33.3 Å². The second-order valence-electron chi connectivity index (χ2n) is 9.60. The van der Waals surface area contributed by atoms with Gasteiger partial charge in [-0.3, -0.25) is 4.79 Å². The van der Waals surface area contributed by atoms with Gasteiger partial charge in [-0.25, -0.2) is 0 Å². The molecule has 2 fully saturated rings. The zero-order valence-corrected chi connectivity index (χ0v) is 20.1. The number of aromatic hydroxyl groups is 1. The van der Waals surface area contributed by atoms with Gasteiger partial charge in [-0.15, -0.1) is 0 Å². The molecule has 3 aliphatic carbocycles. The summed E-state index contributed by atoms with van der Waals surface area (Å²) in [4.78, 5) is 13.0. The number of phenolic OH excluding ortho intramolecular Hbond substituents is 1. The molecule has 1 N–H and O–H groups in total. The zero-order valence-electron chi connectivity index (χ0n) is 17.7. The minimum absolute atomic E-state index is 0.167. The summed E-state index contributed by atoms with van der Waals surface area (Å²) in [5, 5.41) is 11.5. The molecule has 0 spiro atoms. The van der Waals surface area contributed by atoms with Crippen LogP contribution >= 0.6 is 27.5 Å². The summed E-state index contributed by atoms with van der Waals surface area (Å²) in [5.74, 6) is 2.94. The van der Waals surface area contributed by atoms with Crippen LogP contribution in [0.25, 0.3) is 0 Å². The molecule has 0 bridgehead atoms. The molecule has 0 saturated heterocycles. The van der Waals surface area contributed by atoms with Crippen LogP contribution in [0.15, 0.2) is 36.4 Å². The van der Waals surface area contributed by atoms with Crippen molar-refractivity contribution in [2.75, 3.05) is 11.9 Å². The number of carbonyl (C=O) groups excluding carboxylic acids is 1. The van der Waals surface area contributed by atoms with E-state index in [2.05, 4.69) is 41.1 Å². The molecule has 0 aromatic heterocycles. The molecule has 2 saturated carbocycles. The van der Waals surface area contributed by atoms with Crippen LogP contribution in [0.5, 0.6) is 11.5 Å². The minimum atomic E-state index is -0.241. The van der Waals surface area contributed by atoms with Crippen molar-refractivity contribution in [3.8, 4) is 11.5 Å². The van der Waals surface area contributed by atoms with Crippen LogP contribution < -0.4 is 4.74 Å². The van der Waals surface area contributed by atoms with Gasteiger partial charge in [0.1, 0.15) is 17.3 Å². The predicted octanol–water partition coefficient (Wildman–Crippen LogP) is 6.64. The number of hydrogen-bond donors (Lipinski definition) is 1. The molecule has 3 nitrogen and oxygen atoms in total. The Bertz CT molecular complexity index is 1000. The third-order valence-electron chi connectivity index (χ3n) is 8.19. The largest absolute Gasteiger partial charge is 0.506 e. The number of carbonyl (C=O) groups is 1. The first kappa shape index (κ1) is 21.3. The third kappa shape index (κ3) is 3.41. The molecular formula is C26H28BrClO3. The average molecular weight is 504 g/mol. The van der Waals surface area contributed by atoms with Crippen molar-refractivity contribution in [3.63, 3.8) is 0 Å². The number of ether oxygens (including phenoxy) is 1. The van der Waals surface area contributed by atoms with E-state index < -0.39 is 0 Å². The lowest BCUT2D eigenvalue weighted by Gasteiger charge is -2.52. The fourth-order valence-corrected chi connectivity index (χ4v) is 7.23. The molecule has 3 aliphatic rings. The van der Waals surface area contributed by atoms with Crippen molar-refractivity contribution < 1.29 is 14.6 Å². The van der Waals surface area contributed by atoms with E-state index in [1.165, 1.54) is 11.1 Å². The van der Waals surface area contributed by atoms with Gasteiger partial charge in [0.05, 0.1) is 11.6 Å². The molecule has 5 atom stereocenters. The summed E-state index contributed by atoms with van der Waals surface area (Å²) in [5.41, 5.74) is 3.38. The number of rotatable bonds is 4.